The third-order valence-corrected chi connectivity index (χ3v) is 6.61. The third-order valence-electron chi connectivity index (χ3n) is 6.61. The molecule has 1 aromatic heterocycles. The molecular formula is C20H23F4N5. The van der Waals surface area contributed by atoms with E-state index in [4.69, 9.17) is 0 Å². The quantitative estimate of drug-likeness (QED) is 0.758. The lowest BCUT2D eigenvalue weighted by Crippen LogP contribution is -2.45. The zero-order chi connectivity index (χ0) is 20.2. The van der Waals surface area contributed by atoms with Crippen molar-refractivity contribution < 1.29 is 17.6 Å². The number of anilines is 1. The van der Waals surface area contributed by atoms with Gasteiger partial charge >= 0.3 is 6.18 Å². The van der Waals surface area contributed by atoms with Crippen molar-refractivity contribution >= 4 is 5.95 Å². The molecule has 0 radical (unpaired) electrons. The van der Waals surface area contributed by atoms with Gasteiger partial charge in [-0.05, 0) is 68.3 Å². The van der Waals surface area contributed by atoms with E-state index in [1.165, 1.54) is 18.9 Å². The fraction of sp³-hybridized carbons (Fsp3) is 0.600. The molecule has 1 unspecified atom stereocenters. The average molecular weight is 409 g/mol. The van der Waals surface area contributed by atoms with Crippen LogP contribution in [0.3, 0.4) is 0 Å². The molecule has 4 atom stereocenters. The summed E-state index contributed by atoms with van der Waals surface area (Å²) in [5.74, 6) is 1.04. The topological polar surface area (TPSA) is 54.8 Å². The standard InChI is InChI=1S/C20H23F4N5/c21-16-8-13(20(22,23)24)5-6-14(16)15-2-1-7-29-18(15)27-19(28-29)26-17-11-3-4-12(17)10-25-9-11/h5-6,8,11-12,15,17,25H,1-4,7,9-10H2,(H,26,28)/t11-,12+,15?,17-. The molecule has 2 bridgehead atoms. The largest absolute Gasteiger partial charge is 0.416 e. The minimum atomic E-state index is -4.56. The second-order valence-corrected chi connectivity index (χ2v) is 8.37. The van der Waals surface area contributed by atoms with Gasteiger partial charge in [-0.1, -0.05) is 6.07 Å². The molecule has 1 aliphatic carbocycles. The zero-order valence-electron chi connectivity index (χ0n) is 15.8. The van der Waals surface area contributed by atoms with E-state index < -0.39 is 17.6 Å². The van der Waals surface area contributed by atoms with Crippen LogP contribution in [0.4, 0.5) is 23.5 Å². The molecule has 2 fully saturated rings. The maximum Gasteiger partial charge on any atom is 0.416 e. The van der Waals surface area contributed by atoms with Crippen LogP contribution >= 0.6 is 0 Å². The van der Waals surface area contributed by atoms with Crippen LogP contribution in [0, 0.1) is 17.7 Å². The Bertz CT molecular complexity index is 893. The van der Waals surface area contributed by atoms with Crippen LogP contribution < -0.4 is 10.6 Å². The summed E-state index contributed by atoms with van der Waals surface area (Å²) in [4.78, 5) is 4.64. The van der Waals surface area contributed by atoms with Crippen LogP contribution in [-0.4, -0.2) is 33.9 Å². The summed E-state index contributed by atoms with van der Waals surface area (Å²) < 4.78 is 55.0. The lowest BCUT2D eigenvalue weighted by atomic mass is 9.90. The van der Waals surface area contributed by atoms with E-state index in [2.05, 4.69) is 20.7 Å². The Kier molecular flexibility index (Phi) is 4.53. The molecule has 2 aliphatic heterocycles. The highest BCUT2D eigenvalue weighted by Gasteiger charge is 2.40. The van der Waals surface area contributed by atoms with E-state index in [0.29, 0.717) is 48.7 Å². The summed E-state index contributed by atoms with van der Waals surface area (Å²) in [5.41, 5.74) is -0.723. The van der Waals surface area contributed by atoms with Crippen molar-refractivity contribution in [2.24, 2.45) is 11.8 Å². The Labute approximate surface area is 165 Å². The molecule has 1 saturated carbocycles. The molecule has 3 aliphatic rings. The van der Waals surface area contributed by atoms with Gasteiger partial charge in [-0.2, -0.15) is 18.2 Å². The van der Waals surface area contributed by atoms with Gasteiger partial charge in [0.25, 0.3) is 0 Å². The van der Waals surface area contributed by atoms with Gasteiger partial charge in [0.05, 0.1) is 5.56 Å². The SMILES string of the molecule is Fc1cc(C(F)(F)F)ccc1C1CCCn2nc(N[C@@H]3[C@@H]4CC[C@H]3CNC4)nc21. The Morgan fingerprint density at radius 1 is 1.10 bits per heavy atom. The van der Waals surface area contributed by atoms with Crippen LogP contribution in [0.1, 0.15) is 48.6 Å². The predicted molar refractivity (Wildman–Crippen MR) is 99.0 cm³/mol. The highest BCUT2D eigenvalue weighted by atomic mass is 19.4. The number of fused-ring (bicyclic) bond motifs is 3. The number of benzene rings is 1. The molecular weight excluding hydrogens is 386 g/mol. The molecule has 9 heteroatoms. The molecule has 2 N–H and O–H groups in total. The monoisotopic (exact) mass is 409 g/mol. The van der Waals surface area contributed by atoms with E-state index in [1.54, 1.807) is 4.68 Å². The van der Waals surface area contributed by atoms with Crippen molar-refractivity contribution in [2.45, 2.75) is 50.4 Å². The molecule has 0 spiro atoms. The molecule has 2 aromatic rings. The molecule has 29 heavy (non-hydrogen) atoms. The summed E-state index contributed by atoms with van der Waals surface area (Å²) in [7, 11) is 0. The van der Waals surface area contributed by atoms with Gasteiger partial charge in [-0.15, -0.1) is 5.10 Å². The van der Waals surface area contributed by atoms with Crippen molar-refractivity contribution in [3.05, 3.63) is 41.0 Å². The normalized spacial score (nSPS) is 29.0. The van der Waals surface area contributed by atoms with E-state index >= 15 is 0 Å². The number of hydrogen-bond donors (Lipinski definition) is 2. The molecule has 5 nitrogen and oxygen atoms in total. The van der Waals surface area contributed by atoms with Crippen LogP contribution in [0.5, 0.6) is 0 Å². The maximum absolute atomic E-state index is 14.6. The van der Waals surface area contributed by atoms with E-state index in [9.17, 15) is 17.6 Å². The number of halogens is 4. The Hall–Kier alpha value is -2.16. The molecule has 156 valence electrons. The van der Waals surface area contributed by atoms with Gasteiger partial charge < -0.3 is 10.6 Å². The number of hydrogen-bond acceptors (Lipinski definition) is 4. The number of aryl methyl sites for hydroxylation is 1. The summed E-state index contributed by atoms with van der Waals surface area (Å²) >= 11 is 0. The van der Waals surface area contributed by atoms with Gasteiger partial charge in [0.2, 0.25) is 5.95 Å². The lowest BCUT2D eigenvalue weighted by Gasteiger charge is -2.31. The first-order valence-corrected chi connectivity index (χ1v) is 10.2. The van der Waals surface area contributed by atoms with E-state index in [-0.39, 0.29) is 11.5 Å². The van der Waals surface area contributed by atoms with Crippen LogP contribution in [0.2, 0.25) is 0 Å². The van der Waals surface area contributed by atoms with Crippen LogP contribution in [-0.2, 0) is 12.7 Å². The van der Waals surface area contributed by atoms with Gasteiger partial charge in [-0.25, -0.2) is 9.07 Å². The Morgan fingerprint density at radius 2 is 1.86 bits per heavy atom. The summed E-state index contributed by atoms with van der Waals surface area (Å²) in [6.45, 7) is 2.66. The van der Waals surface area contributed by atoms with E-state index in [1.807, 2.05) is 0 Å². The molecule has 1 saturated heterocycles. The van der Waals surface area contributed by atoms with Crippen LogP contribution in [0.25, 0.3) is 0 Å². The smallest absolute Gasteiger partial charge is 0.350 e. The highest BCUT2D eigenvalue weighted by molar-refractivity contribution is 5.36. The van der Waals surface area contributed by atoms with Crippen LogP contribution in [0.15, 0.2) is 18.2 Å². The molecule has 0 amide bonds. The number of nitrogens with zero attached hydrogens (tertiary/aromatic N) is 3. The van der Waals surface area contributed by atoms with Gasteiger partial charge in [0.15, 0.2) is 0 Å². The van der Waals surface area contributed by atoms with Crippen molar-refractivity contribution in [2.75, 3.05) is 18.4 Å². The number of aromatic nitrogens is 3. The lowest BCUT2D eigenvalue weighted by molar-refractivity contribution is -0.137. The van der Waals surface area contributed by atoms with Crippen molar-refractivity contribution in [1.82, 2.24) is 20.1 Å². The maximum atomic E-state index is 14.6. The second-order valence-electron chi connectivity index (χ2n) is 8.37. The predicted octanol–water partition coefficient (Wildman–Crippen LogP) is 3.77. The number of piperidine rings is 1. The third kappa shape index (κ3) is 3.39. The summed E-state index contributed by atoms with van der Waals surface area (Å²) in [6.07, 6.45) is -0.777. The Balaban J connectivity index is 1.41. The van der Waals surface area contributed by atoms with Crippen molar-refractivity contribution in [3.63, 3.8) is 0 Å². The van der Waals surface area contributed by atoms with Crippen molar-refractivity contribution in [3.8, 4) is 0 Å². The number of nitrogens with one attached hydrogen (secondary N) is 2. The summed E-state index contributed by atoms with van der Waals surface area (Å²) in [6, 6.07) is 3.10. The van der Waals surface area contributed by atoms with Crippen molar-refractivity contribution in [1.29, 1.82) is 0 Å². The number of alkyl halides is 3. The fourth-order valence-corrected chi connectivity index (χ4v) is 5.16. The number of rotatable bonds is 3. The highest BCUT2D eigenvalue weighted by Crippen LogP contribution is 2.38. The summed E-state index contributed by atoms with van der Waals surface area (Å²) in [5, 5.41) is 11.5. The minimum Gasteiger partial charge on any atom is -0.350 e. The molecule has 3 heterocycles. The van der Waals surface area contributed by atoms with Gasteiger partial charge in [0.1, 0.15) is 11.6 Å². The first-order valence-electron chi connectivity index (χ1n) is 10.2. The first kappa shape index (κ1) is 18.8. The second kappa shape index (κ2) is 6.97. The molecule has 1 aromatic carbocycles. The Morgan fingerprint density at radius 3 is 2.55 bits per heavy atom. The first-order chi connectivity index (χ1) is 13.9. The van der Waals surface area contributed by atoms with E-state index in [0.717, 1.165) is 25.6 Å². The molecule has 5 rings (SSSR count). The van der Waals surface area contributed by atoms with Gasteiger partial charge in [0, 0.05) is 18.5 Å². The minimum absolute atomic E-state index is 0.250. The fourth-order valence-electron chi connectivity index (χ4n) is 5.16. The zero-order valence-corrected chi connectivity index (χ0v) is 15.8. The average Bonchev–Trinajstić information content (AvgIpc) is 3.17. The van der Waals surface area contributed by atoms with Gasteiger partial charge in [-0.3, -0.25) is 0 Å².